The fraction of sp³-hybridized carbons (Fsp3) is 0.0769. The molecule has 0 spiro atoms. The van der Waals surface area contributed by atoms with Crippen molar-refractivity contribution < 1.29 is 0 Å². The molecule has 0 fully saturated rings. The Morgan fingerprint density at radius 3 is 2.80 bits per heavy atom. The molecule has 2 N–H and O–H groups in total. The maximum absolute atomic E-state index is 6.13. The maximum Gasteiger partial charge on any atom is 0.0505 e. The molecule has 0 radical (unpaired) electrons. The highest BCUT2D eigenvalue weighted by Gasteiger charge is 2.06. The third-order valence-corrected chi connectivity index (χ3v) is 2.80. The lowest BCUT2D eigenvalue weighted by Gasteiger charge is -2.08. The second-order valence-corrected chi connectivity index (χ2v) is 3.88. The number of nitrogens with two attached hydrogens (primary N) is 1. The van der Waals surface area contributed by atoms with Gasteiger partial charge in [0.1, 0.15) is 0 Å². The molecular weight excluding hydrogens is 206 g/mol. The second kappa shape index (κ2) is 3.95. The zero-order chi connectivity index (χ0) is 10.8. The predicted molar refractivity (Wildman–Crippen MR) is 67.3 cm³/mol. The van der Waals surface area contributed by atoms with E-state index in [-0.39, 0.29) is 0 Å². The fourth-order valence-electron chi connectivity index (χ4n) is 1.74. The van der Waals surface area contributed by atoms with E-state index in [1.54, 1.807) is 0 Å². The summed E-state index contributed by atoms with van der Waals surface area (Å²) in [5.41, 5.74) is 7.91. The molecule has 1 nitrogen and oxygen atoms in total. The summed E-state index contributed by atoms with van der Waals surface area (Å²) in [6.45, 7) is 3.71. The zero-order valence-corrected chi connectivity index (χ0v) is 9.09. The van der Waals surface area contributed by atoms with Crippen molar-refractivity contribution in [3.63, 3.8) is 0 Å². The van der Waals surface area contributed by atoms with E-state index < -0.39 is 0 Å². The van der Waals surface area contributed by atoms with E-state index in [9.17, 15) is 0 Å². The molecule has 0 saturated heterocycles. The molecule has 0 heterocycles. The minimum atomic E-state index is 0.705. The molecule has 0 aliphatic heterocycles. The van der Waals surface area contributed by atoms with Gasteiger partial charge in [-0.15, -0.1) is 6.58 Å². The summed E-state index contributed by atoms with van der Waals surface area (Å²) in [7, 11) is 0. The van der Waals surface area contributed by atoms with Crippen molar-refractivity contribution in [1.29, 1.82) is 0 Å². The highest BCUT2D eigenvalue weighted by atomic mass is 35.5. The third-order valence-electron chi connectivity index (χ3n) is 2.49. The quantitative estimate of drug-likeness (QED) is 0.601. The summed E-state index contributed by atoms with van der Waals surface area (Å²) >= 11 is 6.13. The van der Waals surface area contributed by atoms with Gasteiger partial charge in [-0.1, -0.05) is 41.9 Å². The number of hydrogen-bond donors (Lipinski definition) is 1. The normalized spacial score (nSPS) is 10.5. The first-order valence-corrected chi connectivity index (χ1v) is 5.18. The van der Waals surface area contributed by atoms with Gasteiger partial charge in [-0.3, -0.25) is 0 Å². The molecule has 2 rings (SSSR count). The molecule has 76 valence electrons. The third kappa shape index (κ3) is 1.71. The molecule has 0 aromatic heterocycles. The van der Waals surface area contributed by atoms with E-state index in [4.69, 9.17) is 17.3 Å². The number of halogens is 1. The summed E-state index contributed by atoms with van der Waals surface area (Å²) in [6.07, 6.45) is 2.61. The largest absolute Gasteiger partial charge is 0.398 e. The van der Waals surface area contributed by atoms with Crippen LogP contribution >= 0.6 is 11.6 Å². The Labute approximate surface area is 94.2 Å². The van der Waals surface area contributed by atoms with Gasteiger partial charge in [-0.25, -0.2) is 0 Å². The molecule has 2 heteroatoms. The molecule has 15 heavy (non-hydrogen) atoms. The average Bonchev–Trinajstić information content (AvgIpc) is 2.22. The summed E-state index contributed by atoms with van der Waals surface area (Å²) in [4.78, 5) is 0. The Hall–Kier alpha value is -1.47. The number of benzene rings is 2. The van der Waals surface area contributed by atoms with Crippen LogP contribution in [0.3, 0.4) is 0 Å². The molecule has 2 aromatic rings. The number of allylic oxidation sites excluding steroid dienone is 1. The van der Waals surface area contributed by atoms with Gasteiger partial charge in [0.15, 0.2) is 0 Å². The van der Waals surface area contributed by atoms with Crippen LogP contribution in [-0.4, -0.2) is 0 Å². The Morgan fingerprint density at radius 2 is 2.07 bits per heavy atom. The molecule has 2 aromatic carbocycles. The number of rotatable bonds is 2. The monoisotopic (exact) mass is 217 g/mol. The minimum Gasteiger partial charge on any atom is -0.398 e. The number of anilines is 1. The molecule has 0 aliphatic carbocycles. The maximum atomic E-state index is 6.13. The van der Waals surface area contributed by atoms with Crippen LogP contribution in [-0.2, 0) is 6.42 Å². The summed E-state index contributed by atoms with van der Waals surface area (Å²) in [6, 6.07) is 9.86. The van der Waals surface area contributed by atoms with Gasteiger partial charge in [0, 0.05) is 11.1 Å². The number of nitrogen functional groups attached to an aromatic ring is 1. The van der Waals surface area contributed by atoms with Gasteiger partial charge in [-0.2, -0.15) is 0 Å². The molecule has 0 bridgehead atoms. The molecule has 0 atom stereocenters. The molecular formula is C13H12ClN. The van der Waals surface area contributed by atoms with Crippen molar-refractivity contribution in [2.45, 2.75) is 6.42 Å². The van der Waals surface area contributed by atoms with E-state index in [0.717, 1.165) is 28.4 Å². The smallest absolute Gasteiger partial charge is 0.0505 e. The second-order valence-electron chi connectivity index (χ2n) is 3.47. The lowest BCUT2D eigenvalue weighted by atomic mass is 10.0. The summed E-state index contributed by atoms with van der Waals surface area (Å²) < 4.78 is 0. The molecule has 0 amide bonds. The topological polar surface area (TPSA) is 26.0 Å². The summed E-state index contributed by atoms with van der Waals surface area (Å²) in [5, 5.41) is 2.72. The first-order chi connectivity index (χ1) is 7.24. The van der Waals surface area contributed by atoms with Gasteiger partial charge in [0.25, 0.3) is 0 Å². The molecule has 0 saturated carbocycles. The van der Waals surface area contributed by atoms with Crippen LogP contribution in [0, 0.1) is 0 Å². The van der Waals surface area contributed by atoms with E-state index in [1.807, 2.05) is 36.4 Å². The van der Waals surface area contributed by atoms with E-state index in [2.05, 4.69) is 6.58 Å². The Kier molecular flexibility index (Phi) is 2.65. The highest BCUT2D eigenvalue weighted by molar-refractivity contribution is 6.36. The van der Waals surface area contributed by atoms with Crippen LogP contribution in [0.15, 0.2) is 43.0 Å². The summed E-state index contributed by atoms with van der Waals surface area (Å²) in [5.74, 6) is 0. The number of hydrogen-bond acceptors (Lipinski definition) is 1. The Balaban J connectivity index is 2.76. The predicted octanol–water partition coefficient (Wildman–Crippen LogP) is 3.80. The average molecular weight is 218 g/mol. The van der Waals surface area contributed by atoms with Crippen LogP contribution in [0.5, 0.6) is 0 Å². The minimum absolute atomic E-state index is 0.705. The van der Waals surface area contributed by atoms with Gasteiger partial charge >= 0.3 is 0 Å². The van der Waals surface area contributed by atoms with Crippen LogP contribution in [0.4, 0.5) is 5.69 Å². The molecule has 0 aliphatic rings. The van der Waals surface area contributed by atoms with Crippen molar-refractivity contribution in [2.75, 3.05) is 5.73 Å². The van der Waals surface area contributed by atoms with Crippen molar-refractivity contribution in [2.24, 2.45) is 0 Å². The standard InChI is InChI=1S/C13H12ClN/c1-2-4-10-8-7-9-5-3-6-11(14)12(9)13(10)15/h2-3,5-8H,1,4,15H2. The zero-order valence-electron chi connectivity index (χ0n) is 8.33. The first kappa shape index (κ1) is 10.1. The van der Waals surface area contributed by atoms with Crippen LogP contribution < -0.4 is 5.73 Å². The highest BCUT2D eigenvalue weighted by Crippen LogP contribution is 2.31. The Bertz CT molecular complexity index is 517. The van der Waals surface area contributed by atoms with E-state index in [1.165, 1.54) is 0 Å². The lowest BCUT2D eigenvalue weighted by molar-refractivity contribution is 1.29. The van der Waals surface area contributed by atoms with Crippen molar-refractivity contribution in [3.05, 3.63) is 53.6 Å². The van der Waals surface area contributed by atoms with Crippen LogP contribution in [0.25, 0.3) is 10.8 Å². The van der Waals surface area contributed by atoms with Gasteiger partial charge in [0.2, 0.25) is 0 Å². The lowest BCUT2D eigenvalue weighted by Crippen LogP contribution is -1.94. The van der Waals surface area contributed by atoms with Gasteiger partial charge in [-0.05, 0) is 23.4 Å². The van der Waals surface area contributed by atoms with Crippen molar-refractivity contribution in [3.8, 4) is 0 Å². The van der Waals surface area contributed by atoms with Crippen LogP contribution in [0.2, 0.25) is 5.02 Å². The van der Waals surface area contributed by atoms with Crippen molar-refractivity contribution in [1.82, 2.24) is 0 Å². The van der Waals surface area contributed by atoms with E-state index in [0.29, 0.717) is 5.02 Å². The van der Waals surface area contributed by atoms with Crippen LogP contribution in [0.1, 0.15) is 5.56 Å². The molecule has 0 unspecified atom stereocenters. The van der Waals surface area contributed by atoms with E-state index >= 15 is 0 Å². The van der Waals surface area contributed by atoms with Gasteiger partial charge < -0.3 is 5.73 Å². The first-order valence-electron chi connectivity index (χ1n) is 4.80. The fourth-order valence-corrected chi connectivity index (χ4v) is 2.02. The number of fused-ring (bicyclic) bond motifs is 1. The SMILES string of the molecule is C=CCc1ccc2cccc(Cl)c2c1N. The Morgan fingerprint density at radius 1 is 1.27 bits per heavy atom. The van der Waals surface area contributed by atoms with Gasteiger partial charge in [0.05, 0.1) is 5.02 Å². The van der Waals surface area contributed by atoms with Crippen molar-refractivity contribution >= 4 is 28.1 Å².